The fourth-order valence-corrected chi connectivity index (χ4v) is 3.10. The van der Waals surface area contributed by atoms with E-state index in [0.717, 1.165) is 10.4 Å². The predicted molar refractivity (Wildman–Crippen MR) is 70.1 cm³/mol. The van der Waals surface area contributed by atoms with Crippen molar-refractivity contribution in [1.29, 1.82) is 0 Å². The summed E-state index contributed by atoms with van der Waals surface area (Å²) in [5, 5.41) is 13.8. The lowest BCUT2D eigenvalue weighted by Gasteiger charge is -2.12. The minimum atomic E-state index is -0.525. The Labute approximate surface area is 109 Å². The highest BCUT2D eigenvalue weighted by molar-refractivity contribution is 7.12. The van der Waals surface area contributed by atoms with Gasteiger partial charge in [-0.25, -0.2) is 0 Å². The lowest BCUT2D eigenvalue weighted by atomic mass is 10.1. The molecule has 0 saturated carbocycles. The second-order valence-corrected chi connectivity index (χ2v) is 5.35. The lowest BCUT2D eigenvalue weighted by molar-refractivity contribution is -0.402. The molecule has 2 aromatic heterocycles. The monoisotopic (exact) mass is 266 g/mol. The molecule has 1 unspecified atom stereocenters. The number of aryl methyl sites for hydroxylation is 2. The summed E-state index contributed by atoms with van der Waals surface area (Å²) in [7, 11) is 1.81. The van der Waals surface area contributed by atoms with E-state index in [1.54, 1.807) is 17.4 Å². The molecule has 2 rings (SSSR count). The Bertz CT molecular complexity index is 574. The van der Waals surface area contributed by atoms with Crippen molar-refractivity contribution in [2.45, 2.75) is 19.9 Å². The summed E-state index contributed by atoms with van der Waals surface area (Å²) >= 11 is 1.67. The van der Waals surface area contributed by atoms with Crippen LogP contribution in [-0.2, 0) is 0 Å². The standard InChI is InChI=1S/C12H14N2O3S/c1-7-6-8(2)18-12(7)11(13-3)9-4-5-10(17-9)14(15)16/h4-6,11,13H,1-3H3. The van der Waals surface area contributed by atoms with Gasteiger partial charge >= 0.3 is 5.88 Å². The van der Waals surface area contributed by atoms with Gasteiger partial charge in [-0.3, -0.25) is 10.1 Å². The van der Waals surface area contributed by atoms with Crippen LogP contribution in [0.1, 0.15) is 27.1 Å². The number of nitrogens with zero attached hydrogens (tertiary/aromatic N) is 1. The summed E-state index contributed by atoms with van der Waals surface area (Å²) in [6.07, 6.45) is 0. The second-order valence-electron chi connectivity index (χ2n) is 4.06. The fourth-order valence-electron chi connectivity index (χ4n) is 1.94. The molecule has 1 atom stereocenters. The molecule has 0 aliphatic carbocycles. The summed E-state index contributed by atoms with van der Waals surface area (Å²) in [5.41, 5.74) is 1.16. The molecule has 0 amide bonds. The SMILES string of the molecule is CNC(c1ccc([N+](=O)[O-])o1)c1sc(C)cc1C. The zero-order chi connectivity index (χ0) is 13.3. The van der Waals surface area contributed by atoms with E-state index in [4.69, 9.17) is 4.42 Å². The molecule has 0 spiro atoms. The van der Waals surface area contributed by atoms with Crippen molar-refractivity contribution in [2.75, 3.05) is 7.05 Å². The number of rotatable bonds is 4. The van der Waals surface area contributed by atoms with Crippen LogP contribution in [0.4, 0.5) is 5.88 Å². The largest absolute Gasteiger partial charge is 0.433 e. The molecule has 2 aromatic rings. The fraction of sp³-hybridized carbons (Fsp3) is 0.333. The van der Waals surface area contributed by atoms with Crippen LogP contribution in [0.15, 0.2) is 22.6 Å². The summed E-state index contributed by atoms with van der Waals surface area (Å²) in [4.78, 5) is 12.4. The highest BCUT2D eigenvalue weighted by Gasteiger charge is 2.22. The van der Waals surface area contributed by atoms with Crippen LogP contribution < -0.4 is 5.32 Å². The first-order chi connectivity index (χ1) is 8.52. The van der Waals surface area contributed by atoms with E-state index < -0.39 is 4.92 Å². The number of nitro groups is 1. The highest BCUT2D eigenvalue weighted by atomic mass is 32.1. The minimum Gasteiger partial charge on any atom is -0.404 e. The van der Waals surface area contributed by atoms with E-state index in [1.165, 1.54) is 10.9 Å². The van der Waals surface area contributed by atoms with Crippen LogP contribution in [0, 0.1) is 24.0 Å². The normalized spacial score (nSPS) is 12.6. The van der Waals surface area contributed by atoms with Crippen LogP contribution in [0.5, 0.6) is 0 Å². The van der Waals surface area contributed by atoms with E-state index in [9.17, 15) is 10.1 Å². The first-order valence-corrected chi connectivity index (χ1v) is 6.33. The summed E-state index contributed by atoms with van der Waals surface area (Å²) in [6, 6.07) is 4.99. The molecule has 0 fully saturated rings. The molecule has 0 radical (unpaired) electrons. The smallest absolute Gasteiger partial charge is 0.404 e. The predicted octanol–water partition coefficient (Wildman–Crippen LogP) is 3.17. The molecule has 0 aromatic carbocycles. The van der Waals surface area contributed by atoms with E-state index in [0.29, 0.717) is 5.76 Å². The molecule has 0 aliphatic heterocycles. The van der Waals surface area contributed by atoms with Crippen molar-refractivity contribution in [3.05, 3.63) is 49.4 Å². The van der Waals surface area contributed by atoms with E-state index in [1.807, 2.05) is 20.9 Å². The molecule has 0 bridgehead atoms. The van der Waals surface area contributed by atoms with Gasteiger partial charge in [-0.05, 0) is 38.6 Å². The number of hydrogen-bond acceptors (Lipinski definition) is 5. The van der Waals surface area contributed by atoms with E-state index in [-0.39, 0.29) is 11.9 Å². The molecule has 6 heteroatoms. The minimum absolute atomic E-state index is 0.141. The maximum absolute atomic E-state index is 10.6. The third-order valence-corrected chi connectivity index (χ3v) is 3.92. The molecule has 5 nitrogen and oxygen atoms in total. The zero-order valence-electron chi connectivity index (χ0n) is 10.4. The van der Waals surface area contributed by atoms with Crippen LogP contribution >= 0.6 is 11.3 Å². The first kappa shape index (κ1) is 12.8. The molecule has 2 heterocycles. The lowest BCUT2D eigenvalue weighted by Crippen LogP contribution is -2.16. The zero-order valence-corrected chi connectivity index (χ0v) is 11.2. The molecule has 18 heavy (non-hydrogen) atoms. The van der Waals surface area contributed by atoms with Crippen LogP contribution in [0.25, 0.3) is 0 Å². The first-order valence-electron chi connectivity index (χ1n) is 5.51. The third kappa shape index (κ3) is 2.30. The maximum atomic E-state index is 10.6. The van der Waals surface area contributed by atoms with Gasteiger partial charge in [0, 0.05) is 9.75 Å². The van der Waals surface area contributed by atoms with Crippen molar-refractivity contribution in [3.8, 4) is 0 Å². The van der Waals surface area contributed by atoms with Gasteiger partial charge in [0.25, 0.3) is 0 Å². The van der Waals surface area contributed by atoms with Gasteiger partial charge in [0.2, 0.25) is 0 Å². The number of hydrogen-bond donors (Lipinski definition) is 1. The van der Waals surface area contributed by atoms with Gasteiger partial charge in [-0.1, -0.05) is 0 Å². The van der Waals surface area contributed by atoms with Crippen molar-refractivity contribution in [1.82, 2.24) is 5.32 Å². The Balaban J connectivity index is 2.38. The summed E-state index contributed by atoms with van der Waals surface area (Å²) in [6.45, 7) is 4.07. The van der Waals surface area contributed by atoms with Crippen molar-refractivity contribution >= 4 is 17.2 Å². The topological polar surface area (TPSA) is 68.3 Å². The molecular weight excluding hydrogens is 252 g/mol. The van der Waals surface area contributed by atoms with Crippen LogP contribution in [0.2, 0.25) is 0 Å². The summed E-state index contributed by atoms with van der Waals surface area (Å²) < 4.78 is 5.26. The van der Waals surface area contributed by atoms with E-state index >= 15 is 0 Å². The van der Waals surface area contributed by atoms with Crippen molar-refractivity contribution < 1.29 is 9.34 Å². The maximum Gasteiger partial charge on any atom is 0.433 e. The van der Waals surface area contributed by atoms with Crippen LogP contribution in [-0.4, -0.2) is 12.0 Å². The Kier molecular flexibility index (Phi) is 3.49. The molecular formula is C12H14N2O3S. The Morgan fingerprint density at radius 2 is 2.17 bits per heavy atom. The molecule has 96 valence electrons. The van der Waals surface area contributed by atoms with Crippen molar-refractivity contribution in [3.63, 3.8) is 0 Å². The van der Waals surface area contributed by atoms with Gasteiger partial charge in [0.1, 0.15) is 16.7 Å². The van der Waals surface area contributed by atoms with Gasteiger partial charge in [0.15, 0.2) is 0 Å². The number of thiophene rings is 1. The van der Waals surface area contributed by atoms with Gasteiger partial charge < -0.3 is 9.73 Å². The number of nitrogens with one attached hydrogen (secondary N) is 1. The molecule has 0 saturated heterocycles. The van der Waals surface area contributed by atoms with Crippen molar-refractivity contribution in [2.24, 2.45) is 0 Å². The third-order valence-electron chi connectivity index (χ3n) is 2.71. The van der Waals surface area contributed by atoms with Gasteiger partial charge in [-0.15, -0.1) is 11.3 Å². The quantitative estimate of drug-likeness (QED) is 0.681. The highest BCUT2D eigenvalue weighted by Crippen LogP contribution is 2.33. The average molecular weight is 266 g/mol. The summed E-state index contributed by atoms with van der Waals surface area (Å²) in [5.74, 6) is 0.338. The van der Waals surface area contributed by atoms with Crippen LogP contribution in [0.3, 0.4) is 0 Å². The average Bonchev–Trinajstić information content (AvgIpc) is 2.88. The van der Waals surface area contributed by atoms with Gasteiger partial charge in [-0.2, -0.15) is 0 Å². The van der Waals surface area contributed by atoms with Gasteiger partial charge in [0.05, 0.1) is 6.07 Å². The molecule has 0 aliphatic rings. The number of furan rings is 1. The Hall–Kier alpha value is -1.66. The Morgan fingerprint density at radius 3 is 2.61 bits per heavy atom. The Morgan fingerprint density at radius 1 is 1.44 bits per heavy atom. The second kappa shape index (κ2) is 4.91. The van der Waals surface area contributed by atoms with E-state index in [2.05, 4.69) is 11.4 Å². The molecule has 1 N–H and O–H groups in total.